The SMILES string of the molecule is COc1cc(Cl)c(C=O)c(Cl)c1O[Si](C)(C)C(C)(C)C. The van der Waals surface area contributed by atoms with Crippen LogP contribution in [0.15, 0.2) is 6.07 Å². The number of halogens is 2. The fourth-order valence-corrected chi connectivity index (χ4v) is 3.01. The highest BCUT2D eigenvalue weighted by Crippen LogP contribution is 2.45. The third kappa shape index (κ3) is 3.30. The van der Waals surface area contributed by atoms with Gasteiger partial charge in [0.05, 0.1) is 22.7 Å². The number of hydrogen-bond acceptors (Lipinski definition) is 3. The van der Waals surface area contributed by atoms with Crippen LogP contribution in [0.25, 0.3) is 0 Å². The number of carbonyl (C=O) groups is 1. The molecule has 0 atom stereocenters. The summed E-state index contributed by atoms with van der Waals surface area (Å²) in [6.45, 7) is 10.6. The molecule has 20 heavy (non-hydrogen) atoms. The molecule has 0 unspecified atom stereocenters. The number of aldehydes is 1. The van der Waals surface area contributed by atoms with E-state index in [2.05, 4.69) is 33.9 Å². The van der Waals surface area contributed by atoms with E-state index in [1.54, 1.807) is 6.07 Å². The first-order chi connectivity index (χ1) is 9.05. The summed E-state index contributed by atoms with van der Waals surface area (Å²) in [5, 5.41) is 0.459. The van der Waals surface area contributed by atoms with Crippen LogP contribution in [0, 0.1) is 0 Å². The van der Waals surface area contributed by atoms with E-state index in [4.69, 9.17) is 32.4 Å². The smallest absolute Gasteiger partial charge is 0.250 e. The summed E-state index contributed by atoms with van der Waals surface area (Å²) in [7, 11) is -0.586. The molecule has 1 aromatic carbocycles. The van der Waals surface area contributed by atoms with Crippen molar-refractivity contribution in [3.8, 4) is 11.5 Å². The van der Waals surface area contributed by atoms with E-state index in [9.17, 15) is 4.79 Å². The predicted molar refractivity (Wildman–Crippen MR) is 86.2 cm³/mol. The Bertz CT molecular complexity index is 522. The second-order valence-corrected chi connectivity index (χ2v) is 11.6. The van der Waals surface area contributed by atoms with Crippen LogP contribution in [0.2, 0.25) is 28.2 Å². The first kappa shape index (κ1) is 17.3. The van der Waals surface area contributed by atoms with Gasteiger partial charge in [-0.2, -0.15) is 0 Å². The van der Waals surface area contributed by atoms with Crippen LogP contribution in [0.5, 0.6) is 11.5 Å². The molecule has 0 aliphatic heterocycles. The van der Waals surface area contributed by atoms with Gasteiger partial charge in [-0.1, -0.05) is 44.0 Å². The van der Waals surface area contributed by atoms with Gasteiger partial charge in [0.15, 0.2) is 17.8 Å². The maximum Gasteiger partial charge on any atom is 0.250 e. The molecule has 1 rings (SSSR count). The van der Waals surface area contributed by atoms with Crippen molar-refractivity contribution in [1.82, 2.24) is 0 Å². The topological polar surface area (TPSA) is 35.5 Å². The van der Waals surface area contributed by atoms with Crippen LogP contribution in [0.4, 0.5) is 0 Å². The van der Waals surface area contributed by atoms with Crippen molar-refractivity contribution < 1.29 is 14.0 Å². The summed E-state index contributed by atoms with van der Waals surface area (Å²) >= 11 is 12.3. The quantitative estimate of drug-likeness (QED) is 0.560. The molecule has 0 saturated heterocycles. The number of rotatable bonds is 4. The van der Waals surface area contributed by atoms with Gasteiger partial charge < -0.3 is 9.16 Å². The minimum absolute atomic E-state index is 0.00230. The molecule has 0 spiro atoms. The van der Waals surface area contributed by atoms with Crippen molar-refractivity contribution in [3.05, 3.63) is 21.7 Å². The summed E-state index contributed by atoms with van der Waals surface area (Å²) in [5.74, 6) is 0.836. The highest BCUT2D eigenvalue weighted by atomic mass is 35.5. The molecule has 0 aromatic heterocycles. The molecule has 0 saturated carbocycles. The monoisotopic (exact) mass is 334 g/mol. The van der Waals surface area contributed by atoms with E-state index in [0.29, 0.717) is 17.8 Å². The lowest BCUT2D eigenvalue weighted by Gasteiger charge is -2.37. The fourth-order valence-electron chi connectivity index (χ4n) is 1.36. The molecule has 1 aromatic rings. The van der Waals surface area contributed by atoms with E-state index < -0.39 is 8.32 Å². The van der Waals surface area contributed by atoms with Crippen LogP contribution in [-0.2, 0) is 0 Å². The second kappa shape index (κ2) is 5.96. The minimum Gasteiger partial charge on any atom is -0.540 e. The minimum atomic E-state index is -2.10. The van der Waals surface area contributed by atoms with E-state index in [0.717, 1.165) is 0 Å². The van der Waals surface area contributed by atoms with Crippen molar-refractivity contribution in [1.29, 1.82) is 0 Å². The van der Waals surface area contributed by atoms with Gasteiger partial charge >= 0.3 is 0 Å². The lowest BCUT2D eigenvalue weighted by molar-refractivity contribution is 0.112. The Balaban J connectivity index is 3.41. The van der Waals surface area contributed by atoms with Gasteiger partial charge in [0, 0.05) is 6.07 Å². The van der Waals surface area contributed by atoms with Crippen molar-refractivity contribution in [2.45, 2.75) is 38.9 Å². The highest BCUT2D eigenvalue weighted by molar-refractivity contribution is 6.74. The highest BCUT2D eigenvalue weighted by Gasteiger charge is 2.40. The van der Waals surface area contributed by atoms with Crippen molar-refractivity contribution >= 4 is 37.8 Å². The zero-order valence-electron chi connectivity index (χ0n) is 12.6. The van der Waals surface area contributed by atoms with Crippen LogP contribution in [0.3, 0.4) is 0 Å². The Kier molecular flexibility index (Phi) is 5.16. The average molecular weight is 335 g/mol. The zero-order chi connectivity index (χ0) is 15.7. The maximum atomic E-state index is 11.1. The molecule has 0 N–H and O–H groups in total. The third-order valence-corrected chi connectivity index (χ3v) is 8.69. The van der Waals surface area contributed by atoms with E-state index in [-0.39, 0.29) is 20.6 Å². The Hall–Kier alpha value is -0.713. The number of hydrogen-bond donors (Lipinski definition) is 0. The van der Waals surface area contributed by atoms with Crippen LogP contribution in [0.1, 0.15) is 31.1 Å². The largest absolute Gasteiger partial charge is 0.540 e. The molecule has 112 valence electrons. The Morgan fingerprint density at radius 1 is 1.25 bits per heavy atom. The van der Waals surface area contributed by atoms with Gasteiger partial charge in [-0.05, 0) is 18.1 Å². The molecule has 0 aliphatic carbocycles. The molecular weight excluding hydrogens is 315 g/mol. The molecular formula is C14H20Cl2O3Si. The summed E-state index contributed by atoms with van der Waals surface area (Å²) in [5.41, 5.74) is 0.225. The Morgan fingerprint density at radius 3 is 2.20 bits per heavy atom. The van der Waals surface area contributed by atoms with Gasteiger partial charge in [-0.25, -0.2) is 0 Å². The fraction of sp³-hybridized carbons (Fsp3) is 0.500. The van der Waals surface area contributed by atoms with Crippen molar-refractivity contribution in [2.24, 2.45) is 0 Å². The van der Waals surface area contributed by atoms with Crippen molar-refractivity contribution in [3.63, 3.8) is 0 Å². The molecule has 0 aliphatic rings. The van der Waals surface area contributed by atoms with E-state index >= 15 is 0 Å². The van der Waals surface area contributed by atoms with Crippen LogP contribution in [-0.4, -0.2) is 21.7 Å². The van der Waals surface area contributed by atoms with E-state index in [1.165, 1.54) is 7.11 Å². The predicted octanol–water partition coefficient (Wildman–Crippen LogP) is 5.20. The Morgan fingerprint density at radius 2 is 1.80 bits per heavy atom. The summed E-state index contributed by atoms with van der Waals surface area (Å²) in [6.07, 6.45) is 0.628. The van der Waals surface area contributed by atoms with Crippen LogP contribution >= 0.6 is 23.2 Å². The van der Waals surface area contributed by atoms with E-state index in [1.807, 2.05) is 0 Å². The molecule has 3 nitrogen and oxygen atoms in total. The van der Waals surface area contributed by atoms with Gasteiger partial charge in [0.2, 0.25) is 0 Å². The summed E-state index contributed by atoms with van der Waals surface area (Å²) in [4.78, 5) is 11.1. The maximum absolute atomic E-state index is 11.1. The molecule has 6 heteroatoms. The van der Waals surface area contributed by atoms with Gasteiger partial charge in [-0.15, -0.1) is 0 Å². The summed E-state index contributed by atoms with van der Waals surface area (Å²) in [6, 6.07) is 1.56. The number of carbonyl (C=O) groups excluding carboxylic acids is 1. The normalized spacial score (nSPS) is 12.2. The van der Waals surface area contributed by atoms with Crippen molar-refractivity contribution in [2.75, 3.05) is 7.11 Å². The second-order valence-electron chi connectivity index (χ2n) is 6.10. The Labute approximate surface area is 131 Å². The van der Waals surface area contributed by atoms with Gasteiger partial charge in [0.1, 0.15) is 0 Å². The standard InChI is InChI=1S/C14H20Cl2O3Si/c1-14(2,3)20(5,6)19-13-11(18-4)7-10(15)9(8-17)12(13)16/h7-8H,1-6H3. The zero-order valence-corrected chi connectivity index (χ0v) is 15.1. The third-order valence-electron chi connectivity index (χ3n) is 3.68. The average Bonchev–Trinajstić information content (AvgIpc) is 2.31. The molecule has 0 heterocycles. The number of methoxy groups -OCH3 is 1. The summed E-state index contributed by atoms with van der Waals surface area (Å²) < 4.78 is 11.5. The number of ether oxygens (including phenoxy) is 1. The van der Waals surface area contributed by atoms with Crippen LogP contribution < -0.4 is 9.16 Å². The molecule has 0 fully saturated rings. The lowest BCUT2D eigenvalue weighted by Crippen LogP contribution is -2.44. The molecule has 0 radical (unpaired) electrons. The molecule has 0 amide bonds. The van der Waals surface area contributed by atoms with Gasteiger partial charge in [0.25, 0.3) is 8.32 Å². The van der Waals surface area contributed by atoms with Gasteiger partial charge in [-0.3, -0.25) is 4.79 Å². The lowest BCUT2D eigenvalue weighted by atomic mass is 10.2. The molecule has 0 bridgehead atoms. The first-order valence-corrected chi connectivity index (χ1v) is 9.91. The number of benzene rings is 1. The first-order valence-electron chi connectivity index (χ1n) is 6.25.